The molecule has 3 aliphatic rings. The molecule has 1 saturated carbocycles. The molecule has 0 unspecified atom stereocenters. The van der Waals surface area contributed by atoms with E-state index in [9.17, 15) is 19.5 Å². The van der Waals surface area contributed by atoms with Crippen LogP contribution in [-0.4, -0.2) is 93.0 Å². The fourth-order valence-corrected chi connectivity index (χ4v) is 7.35. The van der Waals surface area contributed by atoms with Gasteiger partial charge in [-0.15, -0.1) is 0 Å². The number of amides is 3. The second-order valence-corrected chi connectivity index (χ2v) is 14.5. The molecule has 1 aliphatic carbocycles. The number of hydrogen-bond donors (Lipinski definition) is 5. The Labute approximate surface area is 283 Å². The molecule has 2 saturated heterocycles. The van der Waals surface area contributed by atoms with Crippen molar-refractivity contribution in [3.8, 4) is 0 Å². The van der Waals surface area contributed by atoms with Crippen LogP contribution in [0.3, 0.4) is 0 Å². The van der Waals surface area contributed by atoms with Gasteiger partial charge < -0.3 is 40.8 Å². The molecule has 264 valence electrons. The van der Waals surface area contributed by atoms with E-state index in [2.05, 4.69) is 20.6 Å². The molecule has 12 nitrogen and oxygen atoms in total. The number of nitrogens with two attached hydrogens (primary N) is 1. The minimum Gasteiger partial charge on any atom is -0.391 e. The van der Waals surface area contributed by atoms with Crippen molar-refractivity contribution in [3.63, 3.8) is 0 Å². The summed E-state index contributed by atoms with van der Waals surface area (Å²) in [6, 6.07) is 7.28. The van der Waals surface area contributed by atoms with E-state index in [4.69, 9.17) is 15.2 Å². The van der Waals surface area contributed by atoms with Gasteiger partial charge in [-0.3, -0.25) is 9.59 Å². The number of ketones is 1. The summed E-state index contributed by atoms with van der Waals surface area (Å²) in [5, 5.41) is 17.6. The van der Waals surface area contributed by atoms with Crippen LogP contribution in [-0.2, 0) is 31.9 Å². The number of carbonyl (C=O) groups excluding carboxylic acids is 3. The van der Waals surface area contributed by atoms with Gasteiger partial charge in [-0.05, 0) is 57.4 Å². The lowest BCUT2D eigenvalue weighted by Crippen LogP contribution is -2.68. The number of carbonyl (C=O) groups is 3. The van der Waals surface area contributed by atoms with Crippen molar-refractivity contribution in [1.82, 2.24) is 25.5 Å². The standard InChI is InChI=1S/C36H54N6O6/c1-35(2)31(47-24-48-35)20-30(43)28(18-25-12-6-3-7-13-25)40-33(45)36(37,21-27-22-38-23-39-27)32(44)29(19-26-14-8-4-9-15-26)41-34(46)42-16-10-5-11-17-42/h4,8-9,14-15,22-23,25,28-31,43H,3,5-7,10-13,16-21,24,37H2,1-2H3,(H,38,39)(H,40,45)(H,41,46)/t28-,29-,30-,31-,36+/m0/s1. The van der Waals surface area contributed by atoms with Gasteiger partial charge in [0.1, 0.15) is 6.79 Å². The Balaban J connectivity index is 1.42. The third kappa shape index (κ3) is 9.22. The predicted molar refractivity (Wildman–Crippen MR) is 181 cm³/mol. The van der Waals surface area contributed by atoms with Gasteiger partial charge in [0.2, 0.25) is 5.91 Å². The number of aliphatic hydroxyl groups excluding tert-OH is 1. The Morgan fingerprint density at radius 2 is 1.77 bits per heavy atom. The molecule has 2 aliphatic heterocycles. The Morgan fingerprint density at radius 3 is 2.42 bits per heavy atom. The third-order valence-corrected chi connectivity index (χ3v) is 10.4. The van der Waals surface area contributed by atoms with Crippen LogP contribution < -0.4 is 16.4 Å². The summed E-state index contributed by atoms with van der Waals surface area (Å²) in [7, 11) is 0. The molecule has 0 radical (unpaired) electrons. The Morgan fingerprint density at radius 1 is 1.06 bits per heavy atom. The van der Waals surface area contributed by atoms with E-state index in [0.717, 1.165) is 50.5 Å². The highest BCUT2D eigenvalue weighted by Crippen LogP contribution is 2.32. The number of likely N-dealkylation sites (tertiary alicyclic amines) is 1. The zero-order chi connectivity index (χ0) is 34.1. The second-order valence-electron chi connectivity index (χ2n) is 14.5. The minimum absolute atomic E-state index is 0.139. The lowest BCUT2D eigenvalue weighted by atomic mass is 9.80. The van der Waals surface area contributed by atoms with Crippen molar-refractivity contribution in [2.24, 2.45) is 11.7 Å². The molecule has 48 heavy (non-hydrogen) atoms. The Hall–Kier alpha value is -3.32. The van der Waals surface area contributed by atoms with E-state index in [1.165, 1.54) is 12.7 Å². The summed E-state index contributed by atoms with van der Waals surface area (Å²) < 4.78 is 11.5. The van der Waals surface area contributed by atoms with Gasteiger partial charge in [-0.2, -0.15) is 0 Å². The number of benzene rings is 1. The number of nitrogens with zero attached hydrogens (tertiary/aromatic N) is 2. The molecule has 2 aromatic rings. The molecule has 0 spiro atoms. The number of hydrogen-bond acceptors (Lipinski definition) is 8. The number of Topliss-reactive ketones (excluding diaryl/α,β-unsaturated/α-hetero) is 1. The van der Waals surface area contributed by atoms with Crippen molar-refractivity contribution in [2.45, 2.75) is 126 Å². The minimum atomic E-state index is -2.10. The highest BCUT2D eigenvalue weighted by atomic mass is 16.7. The number of aromatic nitrogens is 2. The predicted octanol–water partition coefficient (Wildman–Crippen LogP) is 3.38. The molecule has 3 amide bonds. The van der Waals surface area contributed by atoms with Crippen LogP contribution in [0.15, 0.2) is 42.9 Å². The van der Waals surface area contributed by atoms with Crippen LogP contribution in [0.2, 0.25) is 0 Å². The number of ether oxygens (including phenoxy) is 2. The van der Waals surface area contributed by atoms with Crippen molar-refractivity contribution in [1.29, 1.82) is 0 Å². The third-order valence-electron chi connectivity index (χ3n) is 10.4. The number of imidazole rings is 1. The summed E-state index contributed by atoms with van der Waals surface area (Å²) >= 11 is 0. The van der Waals surface area contributed by atoms with E-state index in [1.54, 1.807) is 11.1 Å². The molecule has 1 aromatic carbocycles. The summed E-state index contributed by atoms with van der Waals surface area (Å²) in [5.74, 6) is -1.00. The molecule has 5 rings (SSSR count). The maximum Gasteiger partial charge on any atom is 0.317 e. The zero-order valence-corrected chi connectivity index (χ0v) is 28.5. The van der Waals surface area contributed by atoms with E-state index in [0.29, 0.717) is 31.1 Å². The molecular formula is C36H54N6O6. The van der Waals surface area contributed by atoms with Crippen molar-refractivity contribution in [3.05, 3.63) is 54.1 Å². The van der Waals surface area contributed by atoms with Crippen molar-refractivity contribution >= 4 is 17.7 Å². The number of nitrogens with one attached hydrogen (secondary N) is 3. The Bertz CT molecular complexity index is 1330. The van der Waals surface area contributed by atoms with Crippen LogP contribution in [0.5, 0.6) is 0 Å². The van der Waals surface area contributed by atoms with Crippen molar-refractivity contribution in [2.75, 3.05) is 19.9 Å². The molecular weight excluding hydrogens is 612 g/mol. The quantitative estimate of drug-likeness (QED) is 0.191. The highest BCUT2D eigenvalue weighted by Gasteiger charge is 2.48. The summed E-state index contributed by atoms with van der Waals surface area (Å²) in [4.78, 5) is 51.6. The normalized spacial score (nSPS) is 23.1. The van der Waals surface area contributed by atoms with Crippen LogP contribution in [0.25, 0.3) is 0 Å². The van der Waals surface area contributed by atoms with Crippen LogP contribution in [0.1, 0.15) is 89.3 Å². The number of H-pyrrole nitrogens is 1. The molecule has 5 atom stereocenters. The fraction of sp³-hybridized carbons (Fsp3) is 0.667. The van der Waals surface area contributed by atoms with Crippen LogP contribution in [0, 0.1) is 5.92 Å². The first-order valence-electron chi connectivity index (χ1n) is 17.7. The Kier molecular flexibility index (Phi) is 12.3. The lowest BCUT2D eigenvalue weighted by Gasteiger charge is -2.36. The smallest absolute Gasteiger partial charge is 0.317 e. The fourth-order valence-electron chi connectivity index (χ4n) is 7.35. The summed E-state index contributed by atoms with van der Waals surface area (Å²) in [5.41, 5.74) is 5.54. The highest BCUT2D eigenvalue weighted by molar-refractivity contribution is 6.13. The molecule has 6 N–H and O–H groups in total. The van der Waals surface area contributed by atoms with Gasteiger partial charge in [-0.25, -0.2) is 9.78 Å². The number of urea groups is 1. The van der Waals surface area contributed by atoms with E-state index >= 15 is 0 Å². The first-order valence-corrected chi connectivity index (χ1v) is 17.7. The number of piperidine rings is 1. The van der Waals surface area contributed by atoms with Gasteiger partial charge in [0, 0.05) is 32.1 Å². The molecule has 1 aromatic heterocycles. The summed E-state index contributed by atoms with van der Waals surface area (Å²) in [6.45, 7) is 5.19. The maximum atomic E-state index is 14.7. The second kappa shape index (κ2) is 16.4. The lowest BCUT2D eigenvalue weighted by molar-refractivity contribution is -0.138. The average Bonchev–Trinajstić information content (AvgIpc) is 3.73. The molecule has 12 heteroatoms. The topological polar surface area (TPSA) is 172 Å². The number of aliphatic hydroxyl groups is 1. The zero-order valence-electron chi connectivity index (χ0n) is 28.5. The van der Waals surface area contributed by atoms with Gasteiger partial charge in [-0.1, -0.05) is 62.4 Å². The van der Waals surface area contributed by atoms with E-state index < -0.39 is 41.0 Å². The summed E-state index contributed by atoms with van der Waals surface area (Å²) in [6.07, 6.45) is 10.7. The van der Waals surface area contributed by atoms with E-state index in [-0.39, 0.29) is 38.2 Å². The number of aromatic amines is 1. The monoisotopic (exact) mass is 666 g/mol. The molecule has 3 heterocycles. The molecule has 3 fully saturated rings. The maximum absolute atomic E-state index is 14.7. The number of rotatable bonds is 14. The van der Waals surface area contributed by atoms with Gasteiger partial charge in [0.25, 0.3) is 0 Å². The first kappa shape index (κ1) is 36.0. The van der Waals surface area contributed by atoms with E-state index in [1.807, 2.05) is 44.2 Å². The first-order chi connectivity index (χ1) is 23.0. The molecule has 0 bridgehead atoms. The van der Waals surface area contributed by atoms with Crippen LogP contribution >= 0.6 is 0 Å². The van der Waals surface area contributed by atoms with Gasteiger partial charge >= 0.3 is 6.03 Å². The van der Waals surface area contributed by atoms with Crippen LogP contribution in [0.4, 0.5) is 4.79 Å². The van der Waals surface area contributed by atoms with Gasteiger partial charge in [0.15, 0.2) is 11.3 Å². The largest absolute Gasteiger partial charge is 0.391 e. The SMILES string of the molecule is CC1(C)OCO[C@H]1C[C@H](O)[C@H](CC1CCCCC1)NC(=O)[C@@](N)(Cc1c[nH]cn1)C(=O)[C@H](Cc1ccccc1)NC(=O)N1CCCCC1. The average molecular weight is 667 g/mol. The van der Waals surface area contributed by atoms with Gasteiger partial charge in [0.05, 0.1) is 41.9 Å². The van der Waals surface area contributed by atoms with Crippen molar-refractivity contribution < 1.29 is 29.0 Å².